The molecule has 5 heteroatoms. The first-order valence-electron chi connectivity index (χ1n) is 14.1. The van der Waals surface area contributed by atoms with Crippen molar-refractivity contribution in [1.29, 1.82) is 0 Å². The summed E-state index contributed by atoms with van der Waals surface area (Å²) in [6, 6.07) is 27.9. The number of fused-ring (bicyclic) bond motifs is 6. The molecule has 4 aromatic carbocycles. The number of halogens is 1. The predicted octanol–water partition coefficient (Wildman–Crippen LogP) is 4.20. The van der Waals surface area contributed by atoms with Gasteiger partial charge in [-0.3, -0.25) is 4.98 Å². The van der Waals surface area contributed by atoms with Crippen molar-refractivity contribution in [2.45, 2.75) is 31.5 Å². The molecule has 0 aliphatic carbocycles. The number of rotatable bonds is 6. The van der Waals surface area contributed by atoms with Gasteiger partial charge in [0.15, 0.2) is 0 Å². The van der Waals surface area contributed by atoms with E-state index in [1.165, 1.54) is 33.5 Å². The Morgan fingerprint density at radius 3 is 2.42 bits per heavy atom. The van der Waals surface area contributed by atoms with Crippen molar-refractivity contribution in [2.24, 2.45) is 11.8 Å². The second kappa shape index (κ2) is 10.5. The highest BCUT2D eigenvalue weighted by Crippen LogP contribution is 2.49. The van der Waals surface area contributed by atoms with Crippen LogP contribution < -0.4 is 17.1 Å². The van der Waals surface area contributed by atoms with E-state index in [9.17, 15) is 5.11 Å². The molecule has 5 aromatic rings. The summed E-state index contributed by atoms with van der Waals surface area (Å²) in [4.78, 5) is 4.59. The van der Waals surface area contributed by atoms with Crippen LogP contribution in [-0.4, -0.2) is 40.8 Å². The number of nitrogens with zero attached hydrogens (tertiary/aromatic N) is 2. The van der Waals surface area contributed by atoms with Gasteiger partial charge in [0.1, 0.15) is 24.4 Å². The molecule has 3 aliphatic heterocycles. The van der Waals surface area contributed by atoms with E-state index in [0.717, 1.165) is 52.8 Å². The molecular weight excluding hydrogens is 516 g/mol. The number of aliphatic hydroxyl groups is 1. The molecule has 204 valence electrons. The van der Waals surface area contributed by atoms with Gasteiger partial charge in [-0.2, -0.15) is 0 Å². The lowest BCUT2D eigenvalue weighted by atomic mass is 9.71. The van der Waals surface area contributed by atoms with Crippen LogP contribution in [0, 0.1) is 11.8 Å². The molecule has 3 fully saturated rings. The normalized spacial score (nSPS) is 24.6. The Kier molecular flexibility index (Phi) is 7.03. The molecular formula is C35H35ClN2O2. The van der Waals surface area contributed by atoms with E-state index >= 15 is 0 Å². The maximum atomic E-state index is 12.2. The molecule has 1 N–H and O–H groups in total. The molecule has 0 saturated carbocycles. The Labute approximate surface area is 241 Å². The summed E-state index contributed by atoms with van der Waals surface area (Å²) < 4.78 is 6.41. The fourth-order valence-corrected chi connectivity index (χ4v) is 7.71. The van der Waals surface area contributed by atoms with E-state index in [2.05, 4.69) is 72.2 Å². The number of hydrogen-bond donors (Lipinski definition) is 1. The SMILES string of the molecule is C=C[C@H]1C[N+]2(Cc3c4ccccc4cc4ccccc34)CC[C@H]1C[C@@H]2[C@@H](O)c1ccnc2ccc(OC)cc12.[Cl-]. The van der Waals surface area contributed by atoms with Crippen LogP contribution >= 0.6 is 0 Å². The Bertz CT molecular complexity index is 1660. The minimum atomic E-state index is -0.600. The van der Waals surface area contributed by atoms with Crippen molar-refractivity contribution >= 4 is 32.4 Å². The van der Waals surface area contributed by atoms with E-state index < -0.39 is 6.10 Å². The van der Waals surface area contributed by atoms with Gasteiger partial charge in [0.25, 0.3) is 0 Å². The number of methoxy groups -OCH3 is 1. The summed E-state index contributed by atoms with van der Waals surface area (Å²) >= 11 is 0. The lowest BCUT2D eigenvalue weighted by Crippen LogP contribution is -3.00. The van der Waals surface area contributed by atoms with Crippen molar-refractivity contribution < 1.29 is 26.7 Å². The summed E-state index contributed by atoms with van der Waals surface area (Å²) in [5.74, 6) is 1.82. The molecule has 0 radical (unpaired) electrons. The number of aromatic nitrogens is 1. The summed E-state index contributed by atoms with van der Waals surface area (Å²) in [7, 11) is 1.68. The van der Waals surface area contributed by atoms with Gasteiger partial charge in [-0.1, -0.05) is 54.6 Å². The number of aliphatic hydroxyl groups excluding tert-OH is 1. The molecule has 2 bridgehead atoms. The van der Waals surface area contributed by atoms with Crippen molar-refractivity contribution in [1.82, 2.24) is 4.98 Å². The van der Waals surface area contributed by atoms with Crippen molar-refractivity contribution in [2.75, 3.05) is 20.2 Å². The van der Waals surface area contributed by atoms with Crippen LogP contribution in [0.25, 0.3) is 32.4 Å². The molecule has 4 heterocycles. The second-order valence-corrected chi connectivity index (χ2v) is 11.6. The third kappa shape index (κ3) is 4.26. The molecule has 40 heavy (non-hydrogen) atoms. The van der Waals surface area contributed by atoms with Crippen LogP contribution in [0.5, 0.6) is 5.75 Å². The van der Waals surface area contributed by atoms with Gasteiger partial charge in [-0.05, 0) is 63.4 Å². The molecule has 0 amide bonds. The minimum absolute atomic E-state index is 0. The largest absolute Gasteiger partial charge is 1.00 e. The van der Waals surface area contributed by atoms with E-state index in [-0.39, 0.29) is 18.4 Å². The van der Waals surface area contributed by atoms with E-state index in [1.807, 2.05) is 30.5 Å². The summed E-state index contributed by atoms with van der Waals surface area (Å²) in [6.45, 7) is 7.21. The lowest BCUT2D eigenvalue weighted by molar-refractivity contribution is -0.984. The monoisotopic (exact) mass is 550 g/mol. The summed E-state index contributed by atoms with van der Waals surface area (Å²) in [5, 5.41) is 18.4. The van der Waals surface area contributed by atoms with Crippen molar-refractivity contribution in [3.05, 3.63) is 109 Å². The van der Waals surface area contributed by atoms with Gasteiger partial charge in [-0.15, -0.1) is 6.58 Å². The van der Waals surface area contributed by atoms with Gasteiger partial charge >= 0.3 is 0 Å². The summed E-state index contributed by atoms with van der Waals surface area (Å²) in [6.07, 6.45) is 5.58. The van der Waals surface area contributed by atoms with Crippen molar-refractivity contribution in [3.63, 3.8) is 0 Å². The van der Waals surface area contributed by atoms with Gasteiger partial charge < -0.3 is 26.7 Å². The third-order valence-corrected chi connectivity index (χ3v) is 9.70. The van der Waals surface area contributed by atoms with Gasteiger partial charge in [0.2, 0.25) is 0 Å². The smallest absolute Gasteiger partial charge is 0.131 e. The Balaban J connectivity index is 0.00000289. The maximum absolute atomic E-state index is 12.2. The number of ether oxygens (including phenoxy) is 1. The van der Waals surface area contributed by atoms with Gasteiger partial charge in [0.05, 0.1) is 25.7 Å². The van der Waals surface area contributed by atoms with E-state index in [1.54, 1.807) is 7.11 Å². The number of hydrogen-bond acceptors (Lipinski definition) is 3. The average molecular weight is 551 g/mol. The molecule has 0 spiro atoms. The van der Waals surface area contributed by atoms with Crippen LogP contribution in [-0.2, 0) is 6.54 Å². The Hall–Kier alpha value is -3.44. The first-order chi connectivity index (χ1) is 19.1. The van der Waals surface area contributed by atoms with Gasteiger partial charge in [0, 0.05) is 35.9 Å². The van der Waals surface area contributed by atoms with Crippen LogP contribution in [0.15, 0.2) is 97.7 Å². The fraction of sp³-hybridized carbons (Fsp3) is 0.286. The van der Waals surface area contributed by atoms with E-state index in [4.69, 9.17) is 4.74 Å². The lowest BCUT2D eigenvalue weighted by Gasteiger charge is -2.58. The highest BCUT2D eigenvalue weighted by molar-refractivity contribution is 6.02. The molecule has 8 rings (SSSR count). The second-order valence-electron chi connectivity index (χ2n) is 11.6. The minimum Gasteiger partial charge on any atom is -1.00 e. The van der Waals surface area contributed by atoms with Crippen LogP contribution in [0.4, 0.5) is 0 Å². The fourth-order valence-electron chi connectivity index (χ4n) is 7.71. The molecule has 3 aliphatic rings. The highest BCUT2D eigenvalue weighted by atomic mass is 35.5. The van der Waals surface area contributed by atoms with E-state index in [0.29, 0.717) is 11.8 Å². The topological polar surface area (TPSA) is 42.4 Å². The number of piperidine rings is 3. The Morgan fingerprint density at radius 2 is 1.73 bits per heavy atom. The zero-order chi connectivity index (χ0) is 26.6. The molecule has 1 aromatic heterocycles. The van der Waals surface area contributed by atoms with Crippen LogP contribution in [0.3, 0.4) is 0 Å². The predicted molar refractivity (Wildman–Crippen MR) is 159 cm³/mol. The molecule has 1 unspecified atom stereocenters. The van der Waals surface area contributed by atoms with Crippen LogP contribution in [0.2, 0.25) is 0 Å². The first-order valence-corrected chi connectivity index (χ1v) is 14.1. The maximum Gasteiger partial charge on any atom is 0.131 e. The number of quaternary nitrogens is 1. The van der Waals surface area contributed by atoms with Crippen molar-refractivity contribution in [3.8, 4) is 5.75 Å². The number of pyridine rings is 1. The van der Waals surface area contributed by atoms with Crippen LogP contribution in [0.1, 0.15) is 30.1 Å². The average Bonchev–Trinajstić information content (AvgIpc) is 3.00. The molecule has 5 atom stereocenters. The first kappa shape index (κ1) is 26.8. The highest BCUT2D eigenvalue weighted by Gasteiger charge is 2.54. The molecule has 3 saturated heterocycles. The third-order valence-electron chi connectivity index (χ3n) is 9.70. The summed E-state index contributed by atoms with van der Waals surface area (Å²) in [5.41, 5.74) is 3.23. The zero-order valence-electron chi connectivity index (χ0n) is 22.8. The zero-order valence-corrected chi connectivity index (χ0v) is 23.6. The standard InChI is InChI=1S/C35H35N2O2.ClH/c1-3-23-21-37(22-32-28-10-6-4-8-25(28)18-26-9-5-7-11-29(26)32)17-15-24(23)19-34(37)35(38)30-14-16-36-33-13-12-27(39-2)20-31(30)33;/h3-14,16,18,20,23-24,34-35,38H,1,15,17,19,21-22H2,2H3;1H/q+1;/p-1/t23-,24-,34+,35-,37?;/m0./s1. The molecule has 4 nitrogen and oxygen atoms in total. The number of benzene rings is 4. The Morgan fingerprint density at radius 1 is 1.00 bits per heavy atom. The quantitative estimate of drug-likeness (QED) is 0.196. The van der Waals surface area contributed by atoms with Gasteiger partial charge in [-0.25, -0.2) is 0 Å².